The summed E-state index contributed by atoms with van der Waals surface area (Å²) in [5, 5.41) is 3.33. The van der Waals surface area contributed by atoms with E-state index in [9.17, 15) is 9.59 Å². The molecule has 0 saturated carbocycles. The molecular weight excluding hydrogens is 334 g/mol. The summed E-state index contributed by atoms with van der Waals surface area (Å²) in [6.07, 6.45) is 4.68. The van der Waals surface area contributed by atoms with Crippen LogP contribution in [0.25, 0.3) is 11.3 Å². The molecule has 1 aliphatic rings. The zero-order valence-electron chi connectivity index (χ0n) is 14.5. The van der Waals surface area contributed by atoms with Gasteiger partial charge in [0.05, 0.1) is 12.2 Å². The molecule has 2 amide bonds. The largest absolute Gasteiger partial charge is 0.333 e. The first-order valence-electron chi connectivity index (χ1n) is 8.25. The van der Waals surface area contributed by atoms with E-state index in [-0.39, 0.29) is 18.4 Å². The van der Waals surface area contributed by atoms with Gasteiger partial charge < -0.3 is 10.2 Å². The Morgan fingerprint density at radius 1 is 1.36 bits per heavy atom. The van der Waals surface area contributed by atoms with E-state index in [1.807, 2.05) is 6.92 Å². The lowest BCUT2D eigenvalue weighted by Gasteiger charge is -2.13. The van der Waals surface area contributed by atoms with Gasteiger partial charge in [-0.05, 0) is 49.5 Å². The molecule has 1 N–H and O–H groups in total. The molecular formula is C19H21N3O2S. The van der Waals surface area contributed by atoms with Gasteiger partial charge in [-0.1, -0.05) is 18.7 Å². The van der Waals surface area contributed by atoms with E-state index in [0.717, 1.165) is 29.0 Å². The van der Waals surface area contributed by atoms with Crippen LogP contribution in [0.4, 0.5) is 5.13 Å². The number of aryl methyl sites for hydroxylation is 3. The molecule has 3 rings (SSSR count). The molecule has 6 heteroatoms. The van der Waals surface area contributed by atoms with Crippen LogP contribution in [0.5, 0.6) is 0 Å². The fourth-order valence-corrected chi connectivity index (χ4v) is 3.90. The lowest BCUT2D eigenvalue weighted by atomic mass is 10.0. The van der Waals surface area contributed by atoms with Crippen molar-refractivity contribution in [1.82, 2.24) is 9.88 Å². The van der Waals surface area contributed by atoms with Crippen LogP contribution in [0, 0.1) is 6.92 Å². The van der Waals surface area contributed by atoms with Gasteiger partial charge in [-0.15, -0.1) is 11.3 Å². The summed E-state index contributed by atoms with van der Waals surface area (Å²) in [6.45, 7) is 5.39. The minimum absolute atomic E-state index is 0.0301. The number of anilines is 1. The van der Waals surface area contributed by atoms with E-state index in [1.54, 1.807) is 7.05 Å². The van der Waals surface area contributed by atoms with Crippen LogP contribution in [0.15, 0.2) is 30.9 Å². The van der Waals surface area contributed by atoms with Crippen LogP contribution in [-0.4, -0.2) is 35.3 Å². The number of fused-ring (bicyclic) bond motifs is 1. The predicted octanol–water partition coefficient (Wildman–Crippen LogP) is 3.19. The lowest BCUT2D eigenvalue weighted by Crippen LogP contribution is -2.33. The molecule has 1 heterocycles. The summed E-state index contributed by atoms with van der Waals surface area (Å²) >= 11 is 1.45. The van der Waals surface area contributed by atoms with Gasteiger partial charge in [0, 0.05) is 17.5 Å². The van der Waals surface area contributed by atoms with Crippen molar-refractivity contribution >= 4 is 28.3 Å². The molecule has 0 bridgehead atoms. The SMILES string of the molecule is C=CC(=O)N(C)CC(=O)Nc1nc(-c2ccc3c(c2)CCC3)c(C)s1. The number of likely N-dealkylation sites (N-methyl/N-ethyl adjacent to an activating group) is 1. The third-order valence-electron chi connectivity index (χ3n) is 4.35. The zero-order chi connectivity index (χ0) is 18.0. The molecule has 130 valence electrons. The molecule has 1 aliphatic carbocycles. The van der Waals surface area contributed by atoms with Crippen molar-refractivity contribution in [2.75, 3.05) is 18.9 Å². The van der Waals surface area contributed by atoms with Crippen molar-refractivity contribution in [3.8, 4) is 11.3 Å². The van der Waals surface area contributed by atoms with Gasteiger partial charge in [0.25, 0.3) is 0 Å². The third-order valence-corrected chi connectivity index (χ3v) is 5.23. The standard InChI is InChI=1S/C19H21N3O2S/c1-4-17(24)22(3)11-16(23)20-19-21-18(12(2)25-19)15-9-8-13-6-5-7-14(13)10-15/h4,8-10H,1,5-7,11H2,2-3H3,(H,20,21,23). The molecule has 0 aliphatic heterocycles. The summed E-state index contributed by atoms with van der Waals surface area (Å²) in [7, 11) is 1.56. The summed E-state index contributed by atoms with van der Waals surface area (Å²) < 4.78 is 0. The highest BCUT2D eigenvalue weighted by Gasteiger charge is 2.17. The Hall–Kier alpha value is -2.47. The maximum atomic E-state index is 12.1. The van der Waals surface area contributed by atoms with Gasteiger partial charge in [-0.2, -0.15) is 0 Å². The number of benzene rings is 1. The fourth-order valence-electron chi connectivity index (χ4n) is 3.04. The van der Waals surface area contributed by atoms with Crippen LogP contribution < -0.4 is 5.32 Å². The number of carbonyl (C=O) groups is 2. The second-order valence-electron chi connectivity index (χ2n) is 6.21. The van der Waals surface area contributed by atoms with E-state index < -0.39 is 0 Å². The second-order valence-corrected chi connectivity index (χ2v) is 7.41. The Balaban J connectivity index is 1.73. The third kappa shape index (κ3) is 3.79. The van der Waals surface area contributed by atoms with Crippen molar-refractivity contribution in [1.29, 1.82) is 0 Å². The highest BCUT2D eigenvalue weighted by atomic mass is 32.1. The van der Waals surface area contributed by atoms with E-state index in [4.69, 9.17) is 0 Å². The molecule has 0 unspecified atom stereocenters. The average molecular weight is 355 g/mol. The number of hydrogen-bond acceptors (Lipinski definition) is 4. The van der Waals surface area contributed by atoms with Gasteiger partial charge >= 0.3 is 0 Å². The smallest absolute Gasteiger partial charge is 0.246 e. The van der Waals surface area contributed by atoms with Crippen molar-refractivity contribution in [2.45, 2.75) is 26.2 Å². The lowest BCUT2D eigenvalue weighted by molar-refractivity contribution is -0.129. The van der Waals surface area contributed by atoms with E-state index in [2.05, 4.69) is 35.1 Å². The Kier molecular flexibility index (Phi) is 4.99. The van der Waals surface area contributed by atoms with Crippen LogP contribution in [0.3, 0.4) is 0 Å². The molecule has 0 fully saturated rings. The van der Waals surface area contributed by atoms with E-state index >= 15 is 0 Å². The first-order valence-corrected chi connectivity index (χ1v) is 9.06. The van der Waals surface area contributed by atoms with Gasteiger partial charge in [0.2, 0.25) is 11.8 Å². The maximum absolute atomic E-state index is 12.1. The molecule has 25 heavy (non-hydrogen) atoms. The average Bonchev–Trinajstić information content (AvgIpc) is 3.19. The Morgan fingerprint density at radius 3 is 2.88 bits per heavy atom. The number of thiazole rings is 1. The van der Waals surface area contributed by atoms with Crippen LogP contribution in [-0.2, 0) is 22.4 Å². The van der Waals surface area contributed by atoms with Crippen LogP contribution in [0.1, 0.15) is 22.4 Å². The van der Waals surface area contributed by atoms with E-state index in [1.165, 1.54) is 39.9 Å². The Bertz CT molecular complexity index is 841. The Labute approximate surface area is 151 Å². The summed E-state index contributed by atoms with van der Waals surface area (Å²) in [4.78, 5) is 30.5. The summed E-state index contributed by atoms with van der Waals surface area (Å²) in [5.74, 6) is -0.559. The first-order chi connectivity index (χ1) is 12.0. The van der Waals surface area contributed by atoms with Crippen molar-refractivity contribution in [2.24, 2.45) is 0 Å². The quantitative estimate of drug-likeness (QED) is 0.838. The van der Waals surface area contributed by atoms with Gasteiger partial charge in [0.1, 0.15) is 0 Å². The fraction of sp³-hybridized carbons (Fsp3) is 0.316. The predicted molar refractivity (Wildman–Crippen MR) is 101 cm³/mol. The zero-order valence-corrected chi connectivity index (χ0v) is 15.3. The topological polar surface area (TPSA) is 62.3 Å². The summed E-state index contributed by atoms with van der Waals surface area (Å²) in [5.41, 5.74) is 4.83. The molecule has 1 aromatic heterocycles. The molecule has 1 aromatic carbocycles. The molecule has 0 atom stereocenters. The van der Waals surface area contributed by atoms with Crippen LogP contribution in [0.2, 0.25) is 0 Å². The molecule has 0 spiro atoms. The van der Waals surface area contributed by atoms with Crippen molar-refractivity contribution in [3.05, 3.63) is 46.9 Å². The molecule has 0 radical (unpaired) electrons. The first kappa shape index (κ1) is 17.4. The minimum Gasteiger partial charge on any atom is -0.333 e. The number of nitrogens with one attached hydrogen (secondary N) is 1. The monoisotopic (exact) mass is 355 g/mol. The maximum Gasteiger partial charge on any atom is 0.246 e. The summed E-state index contributed by atoms with van der Waals surface area (Å²) in [6, 6.07) is 6.51. The van der Waals surface area contributed by atoms with Gasteiger partial charge in [0.15, 0.2) is 5.13 Å². The van der Waals surface area contributed by atoms with Crippen molar-refractivity contribution < 1.29 is 9.59 Å². The highest BCUT2D eigenvalue weighted by Crippen LogP contribution is 2.33. The minimum atomic E-state index is -0.288. The number of aromatic nitrogens is 1. The van der Waals surface area contributed by atoms with Gasteiger partial charge in [-0.25, -0.2) is 4.98 Å². The molecule has 5 nitrogen and oxygen atoms in total. The number of rotatable bonds is 5. The number of carbonyl (C=O) groups excluding carboxylic acids is 2. The van der Waals surface area contributed by atoms with Gasteiger partial charge in [-0.3, -0.25) is 9.59 Å². The number of hydrogen-bond donors (Lipinski definition) is 1. The number of nitrogens with zero attached hydrogens (tertiary/aromatic N) is 2. The molecule has 0 saturated heterocycles. The van der Waals surface area contributed by atoms with Crippen LogP contribution >= 0.6 is 11.3 Å². The Morgan fingerprint density at radius 2 is 2.12 bits per heavy atom. The van der Waals surface area contributed by atoms with E-state index in [0.29, 0.717) is 5.13 Å². The normalized spacial score (nSPS) is 12.6. The van der Waals surface area contributed by atoms with Crippen molar-refractivity contribution in [3.63, 3.8) is 0 Å². The highest BCUT2D eigenvalue weighted by molar-refractivity contribution is 7.16. The number of amides is 2. The molecule has 2 aromatic rings. The second kappa shape index (κ2) is 7.19.